The number of aromatic nitrogens is 4. The summed E-state index contributed by atoms with van der Waals surface area (Å²) in [5, 5.41) is 27.3. The van der Waals surface area contributed by atoms with E-state index in [1.54, 1.807) is 29.9 Å². The largest absolute Gasteiger partial charge is 0.467 e. The van der Waals surface area contributed by atoms with E-state index in [9.17, 15) is 14.7 Å². The predicted octanol–water partition coefficient (Wildman–Crippen LogP) is 3.95. The molecule has 2 heterocycles. The van der Waals surface area contributed by atoms with Crippen LogP contribution >= 0.6 is 11.8 Å². The lowest BCUT2D eigenvalue weighted by molar-refractivity contribution is -0.245. The highest BCUT2D eigenvalue weighted by Crippen LogP contribution is 2.39. The van der Waals surface area contributed by atoms with Crippen LogP contribution in [0.5, 0.6) is 0 Å². The van der Waals surface area contributed by atoms with Crippen molar-refractivity contribution in [2.45, 2.75) is 49.1 Å². The molecule has 1 aromatic heterocycles. The van der Waals surface area contributed by atoms with Crippen LogP contribution in [0.15, 0.2) is 84.0 Å². The lowest BCUT2D eigenvalue weighted by Gasteiger charge is -2.36. The quantitative estimate of drug-likeness (QED) is 0.167. The Morgan fingerprint density at radius 1 is 1.05 bits per heavy atom. The molecule has 4 aromatic rings. The Morgan fingerprint density at radius 3 is 2.55 bits per heavy atom. The third-order valence-corrected chi connectivity index (χ3v) is 8.23. The number of aryl methyl sites for hydroxylation is 1. The number of esters is 1. The van der Waals surface area contributed by atoms with Crippen LogP contribution < -0.4 is 10.6 Å². The second kappa shape index (κ2) is 14.9. The van der Waals surface area contributed by atoms with Crippen LogP contribution in [0.3, 0.4) is 0 Å². The molecule has 1 aliphatic heterocycles. The molecule has 230 valence electrons. The van der Waals surface area contributed by atoms with Gasteiger partial charge in [0.1, 0.15) is 6.04 Å². The summed E-state index contributed by atoms with van der Waals surface area (Å²) in [7, 11) is 3.07. The molecule has 0 saturated carbocycles. The fraction of sp³-hybridized carbons (Fsp3) is 0.323. The number of urea groups is 1. The van der Waals surface area contributed by atoms with Crippen molar-refractivity contribution in [3.8, 4) is 0 Å². The second-order valence-electron chi connectivity index (χ2n) is 10.2. The van der Waals surface area contributed by atoms with E-state index in [0.29, 0.717) is 28.6 Å². The van der Waals surface area contributed by atoms with Crippen LogP contribution in [0, 0.1) is 0 Å². The molecule has 0 aliphatic carbocycles. The molecule has 3 aromatic carbocycles. The molecule has 13 heteroatoms. The first-order valence-electron chi connectivity index (χ1n) is 14.1. The normalized spacial score (nSPS) is 18.8. The van der Waals surface area contributed by atoms with Gasteiger partial charge in [-0.25, -0.2) is 14.3 Å². The molecule has 0 radical (unpaired) electrons. The van der Waals surface area contributed by atoms with Crippen LogP contribution in [-0.4, -0.2) is 62.3 Å². The van der Waals surface area contributed by atoms with Gasteiger partial charge in [-0.15, -0.1) is 5.10 Å². The average Bonchev–Trinajstić information content (AvgIpc) is 3.47. The van der Waals surface area contributed by atoms with E-state index >= 15 is 0 Å². The predicted molar refractivity (Wildman–Crippen MR) is 162 cm³/mol. The Balaban J connectivity index is 1.29. The van der Waals surface area contributed by atoms with Gasteiger partial charge < -0.3 is 30.0 Å². The van der Waals surface area contributed by atoms with Crippen LogP contribution in [0.4, 0.5) is 10.5 Å². The van der Waals surface area contributed by atoms with E-state index < -0.39 is 24.3 Å². The van der Waals surface area contributed by atoms with Gasteiger partial charge in [0.05, 0.1) is 25.9 Å². The smallest absolute Gasteiger partial charge is 0.328 e. The minimum atomic E-state index is -0.865. The molecule has 0 spiro atoms. The standard InChI is InChI=1S/C31H34N6O6S/c1-37-31(34-35-36-37)44-19-25-17-27(22-13-11-21(18-38)12-14-22)43-29(42-25)23-9-6-10-24(16-23)32-30(40)33-26(28(39)41-2)15-20-7-4-3-5-8-20/h3-14,16,25-27,29,38H,15,17-19H2,1-2H3,(H2,32,33,40)/t25-,26-,27+,29+/m0/s1. The molecule has 0 bridgehead atoms. The highest BCUT2D eigenvalue weighted by Gasteiger charge is 2.33. The number of ether oxygens (including phenoxy) is 3. The number of benzene rings is 3. The maximum absolute atomic E-state index is 13.0. The summed E-state index contributed by atoms with van der Waals surface area (Å²) in [5.41, 5.74) is 3.88. The molecule has 5 rings (SSSR count). The Labute approximate surface area is 259 Å². The number of thioether (sulfide) groups is 1. The van der Waals surface area contributed by atoms with Crippen molar-refractivity contribution in [1.29, 1.82) is 0 Å². The molecular weight excluding hydrogens is 584 g/mol. The number of aliphatic hydroxyl groups is 1. The zero-order valence-corrected chi connectivity index (χ0v) is 25.1. The van der Waals surface area contributed by atoms with Crippen molar-refractivity contribution in [2.75, 3.05) is 18.2 Å². The lowest BCUT2D eigenvalue weighted by atomic mass is 10.0. The monoisotopic (exact) mass is 618 g/mol. The van der Waals surface area contributed by atoms with Crippen molar-refractivity contribution in [3.63, 3.8) is 0 Å². The first kappa shape index (κ1) is 31.1. The lowest BCUT2D eigenvalue weighted by Crippen LogP contribution is -2.45. The number of aliphatic hydroxyl groups excluding tert-OH is 1. The Hall–Kier alpha value is -4.30. The highest BCUT2D eigenvalue weighted by atomic mass is 32.2. The zero-order chi connectivity index (χ0) is 30.9. The molecule has 1 aliphatic rings. The zero-order valence-electron chi connectivity index (χ0n) is 24.3. The number of carbonyl (C=O) groups excluding carboxylic acids is 2. The number of carbonyl (C=O) groups is 2. The summed E-state index contributed by atoms with van der Waals surface area (Å²) >= 11 is 1.49. The van der Waals surface area contributed by atoms with Crippen molar-refractivity contribution in [3.05, 3.63) is 101 Å². The molecule has 1 fully saturated rings. The van der Waals surface area contributed by atoms with Crippen molar-refractivity contribution >= 4 is 29.4 Å². The summed E-state index contributed by atoms with van der Waals surface area (Å²) in [5.74, 6) is 0.0523. The van der Waals surface area contributed by atoms with Gasteiger partial charge in [0, 0.05) is 36.9 Å². The van der Waals surface area contributed by atoms with E-state index in [1.165, 1.54) is 18.9 Å². The first-order valence-corrected chi connectivity index (χ1v) is 15.1. The van der Waals surface area contributed by atoms with Gasteiger partial charge in [-0.2, -0.15) is 0 Å². The summed E-state index contributed by atoms with van der Waals surface area (Å²) in [6.45, 7) is -0.0391. The highest BCUT2D eigenvalue weighted by molar-refractivity contribution is 7.99. The third-order valence-electron chi connectivity index (χ3n) is 7.08. The van der Waals surface area contributed by atoms with Gasteiger partial charge in [0.15, 0.2) is 6.29 Å². The van der Waals surface area contributed by atoms with Crippen LogP contribution in [-0.2, 0) is 39.1 Å². The van der Waals surface area contributed by atoms with Crippen LogP contribution in [0.1, 0.15) is 41.1 Å². The minimum absolute atomic E-state index is 0.0391. The van der Waals surface area contributed by atoms with Gasteiger partial charge in [0.25, 0.3) is 0 Å². The van der Waals surface area contributed by atoms with Crippen molar-refractivity contribution < 1.29 is 28.9 Å². The summed E-state index contributed by atoms with van der Waals surface area (Å²) < 4.78 is 19.3. The number of nitrogens with one attached hydrogen (secondary N) is 2. The van der Waals surface area contributed by atoms with E-state index in [-0.39, 0.29) is 25.2 Å². The molecule has 0 unspecified atom stereocenters. The molecule has 2 amide bonds. The van der Waals surface area contributed by atoms with Crippen molar-refractivity contribution in [2.24, 2.45) is 7.05 Å². The van der Waals surface area contributed by atoms with Gasteiger partial charge >= 0.3 is 12.0 Å². The Kier molecular flexibility index (Phi) is 10.6. The first-order chi connectivity index (χ1) is 21.4. The summed E-state index contributed by atoms with van der Waals surface area (Å²) in [4.78, 5) is 25.4. The summed E-state index contributed by atoms with van der Waals surface area (Å²) in [6.07, 6.45) is -0.306. The van der Waals surface area contributed by atoms with E-state index in [4.69, 9.17) is 14.2 Å². The fourth-order valence-electron chi connectivity index (χ4n) is 4.81. The molecule has 44 heavy (non-hydrogen) atoms. The third kappa shape index (κ3) is 8.20. The van der Waals surface area contributed by atoms with E-state index in [1.807, 2.05) is 60.7 Å². The van der Waals surface area contributed by atoms with Crippen molar-refractivity contribution in [1.82, 2.24) is 25.5 Å². The summed E-state index contributed by atoms with van der Waals surface area (Å²) in [6, 6.07) is 22.8. The number of hydrogen-bond acceptors (Lipinski definition) is 10. The Bertz CT molecular complexity index is 1540. The van der Waals surface area contributed by atoms with Crippen LogP contribution in [0.2, 0.25) is 0 Å². The van der Waals surface area contributed by atoms with Crippen LogP contribution in [0.25, 0.3) is 0 Å². The SMILES string of the molecule is COC(=O)[C@H](Cc1ccccc1)NC(=O)Nc1cccc([C@@H]2O[C@H](CSc3nnnn3C)C[C@H](c3ccc(CO)cc3)O2)c1. The number of hydrogen-bond donors (Lipinski definition) is 3. The van der Waals surface area contributed by atoms with Gasteiger partial charge in [-0.3, -0.25) is 0 Å². The second-order valence-corrected chi connectivity index (χ2v) is 11.2. The van der Waals surface area contributed by atoms with E-state index in [0.717, 1.165) is 16.7 Å². The molecule has 3 N–H and O–H groups in total. The number of rotatable bonds is 11. The number of amides is 2. The maximum Gasteiger partial charge on any atom is 0.328 e. The number of methoxy groups -OCH3 is 1. The number of anilines is 1. The minimum Gasteiger partial charge on any atom is -0.467 e. The topological polar surface area (TPSA) is 150 Å². The molecule has 12 nitrogen and oxygen atoms in total. The number of nitrogens with zero attached hydrogens (tertiary/aromatic N) is 4. The van der Waals surface area contributed by atoms with Gasteiger partial charge in [-0.05, 0) is 39.2 Å². The number of tetrazole rings is 1. The Morgan fingerprint density at radius 2 is 1.84 bits per heavy atom. The fourth-order valence-corrected chi connectivity index (χ4v) is 5.67. The van der Waals surface area contributed by atoms with Gasteiger partial charge in [-0.1, -0.05) is 78.5 Å². The maximum atomic E-state index is 13.0. The average molecular weight is 619 g/mol. The van der Waals surface area contributed by atoms with Gasteiger partial charge in [0.2, 0.25) is 5.16 Å². The molecule has 1 saturated heterocycles. The molecular formula is C31H34N6O6S. The molecule has 4 atom stereocenters. The van der Waals surface area contributed by atoms with E-state index in [2.05, 4.69) is 26.2 Å².